The number of aliphatic carboxylic acids is 3. The van der Waals surface area contributed by atoms with Gasteiger partial charge in [0.1, 0.15) is 17.4 Å². The molecule has 1 amide bonds. The lowest BCUT2D eigenvalue weighted by molar-refractivity contribution is -0.192. The number of ether oxygens (including phenoxy) is 3. The molecule has 244 valence electrons. The third kappa shape index (κ3) is 11.9. The zero-order chi connectivity index (χ0) is 33.7. The summed E-state index contributed by atoms with van der Waals surface area (Å²) in [6.07, 6.45) is -4.64. The number of aryl methyl sites for hydroxylation is 1. The Kier molecular flexibility index (Phi) is 12.9. The van der Waals surface area contributed by atoms with Crippen molar-refractivity contribution in [1.29, 1.82) is 0 Å². The summed E-state index contributed by atoms with van der Waals surface area (Å²) in [5.41, 5.74) is 12.0. The number of nitrogens with zero attached hydrogens (tertiary/aromatic N) is 1. The summed E-state index contributed by atoms with van der Waals surface area (Å²) in [4.78, 5) is 60.4. The summed E-state index contributed by atoms with van der Waals surface area (Å²) >= 11 is 0. The first-order valence-electron chi connectivity index (χ1n) is 13.0. The molecule has 0 saturated heterocycles. The minimum absolute atomic E-state index is 0.119. The smallest absolute Gasteiger partial charge is 0.490 e. The van der Waals surface area contributed by atoms with Gasteiger partial charge in [0.15, 0.2) is 17.5 Å². The average Bonchev–Trinajstić information content (AvgIpc) is 2.92. The van der Waals surface area contributed by atoms with Gasteiger partial charge in [-0.1, -0.05) is 12.1 Å². The minimum atomic E-state index is -5.08. The number of carbonyl (C=O) groups excluding carboxylic acids is 2. The van der Waals surface area contributed by atoms with Crippen molar-refractivity contribution in [2.45, 2.75) is 44.3 Å². The second-order valence-electron chi connectivity index (χ2n) is 9.11. The van der Waals surface area contributed by atoms with E-state index in [-0.39, 0.29) is 48.2 Å². The van der Waals surface area contributed by atoms with Gasteiger partial charge in [0.2, 0.25) is 5.91 Å². The molecular weight excluding hydrogens is 613 g/mol. The first-order valence-corrected chi connectivity index (χ1v) is 13.0. The van der Waals surface area contributed by atoms with Crippen molar-refractivity contribution < 1.29 is 66.7 Å². The molecule has 1 aliphatic heterocycles. The van der Waals surface area contributed by atoms with Crippen LogP contribution in [0.5, 0.6) is 17.2 Å². The summed E-state index contributed by atoms with van der Waals surface area (Å²) < 4.78 is 49.1. The van der Waals surface area contributed by atoms with E-state index in [0.29, 0.717) is 30.7 Å². The Morgan fingerprint density at radius 1 is 0.978 bits per heavy atom. The molecule has 0 bridgehead atoms. The fourth-order valence-corrected chi connectivity index (χ4v) is 3.62. The third-order valence-electron chi connectivity index (χ3n) is 5.63. The third-order valence-corrected chi connectivity index (χ3v) is 5.63. The predicted octanol–water partition coefficient (Wildman–Crippen LogP) is 1.97. The first-order chi connectivity index (χ1) is 21.1. The number of esters is 1. The van der Waals surface area contributed by atoms with Gasteiger partial charge in [-0.15, -0.1) is 0 Å². The second-order valence-corrected chi connectivity index (χ2v) is 9.11. The molecule has 1 atom stereocenters. The largest absolute Gasteiger partial charge is 0.493 e. The van der Waals surface area contributed by atoms with Gasteiger partial charge in [-0.3, -0.25) is 9.59 Å². The molecule has 1 aliphatic rings. The Labute approximate surface area is 252 Å². The number of rotatable bonds is 8. The molecule has 18 heteroatoms. The maximum Gasteiger partial charge on any atom is 0.490 e. The van der Waals surface area contributed by atoms with Gasteiger partial charge in [-0.2, -0.15) is 13.2 Å². The molecule has 0 saturated carbocycles. The maximum absolute atomic E-state index is 13.1. The van der Waals surface area contributed by atoms with Crippen LogP contribution in [0.4, 0.5) is 18.9 Å². The standard InChI is InChI=1S/C25H28N4O9.C2HF3O2/c26-25(27)28-15-7-8-16-19(12-15)36-10-1-2-11-37-22-14(4-3-5-18(22)38-24(16)35)6-9-20(30)29-17(23(33)34)13-21(31)32;3-2(4,5)1(6)7/h3-5,7-8,12,17H,1-2,6,9-11,13H2,(H,29,30)(H,31,32)(H,33,34)(H4,26,27,28);(H,6,7)/t17-;/m0./s1. The van der Waals surface area contributed by atoms with E-state index in [4.69, 9.17) is 45.8 Å². The highest BCUT2D eigenvalue weighted by atomic mass is 19.4. The molecule has 0 fully saturated rings. The van der Waals surface area contributed by atoms with Crippen LogP contribution < -0.4 is 31.0 Å². The van der Waals surface area contributed by atoms with Crippen molar-refractivity contribution in [3.63, 3.8) is 0 Å². The zero-order valence-electron chi connectivity index (χ0n) is 23.3. The first kappa shape index (κ1) is 35.6. The number of carboxylic acids is 3. The van der Waals surface area contributed by atoms with Crippen LogP contribution in [-0.4, -0.2) is 76.5 Å². The van der Waals surface area contributed by atoms with Crippen molar-refractivity contribution in [2.24, 2.45) is 16.5 Å². The molecule has 0 aliphatic carbocycles. The van der Waals surface area contributed by atoms with Crippen molar-refractivity contribution >= 4 is 41.4 Å². The summed E-state index contributed by atoms with van der Waals surface area (Å²) in [6, 6.07) is 7.86. The summed E-state index contributed by atoms with van der Waals surface area (Å²) in [6.45, 7) is 0.572. The molecule has 45 heavy (non-hydrogen) atoms. The van der Waals surface area contributed by atoms with Gasteiger partial charge in [0.25, 0.3) is 0 Å². The molecule has 1 heterocycles. The number of fused-ring (bicyclic) bond motifs is 2. The number of aliphatic imine (C=N–C) groups is 1. The Morgan fingerprint density at radius 2 is 1.62 bits per heavy atom. The lowest BCUT2D eigenvalue weighted by atomic mass is 10.1. The van der Waals surface area contributed by atoms with Crippen LogP contribution in [0.15, 0.2) is 41.4 Å². The number of guanidine groups is 1. The molecule has 0 aromatic heterocycles. The van der Waals surface area contributed by atoms with E-state index < -0.39 is 48.4 Å². The van der Waals surface area contributed by atoms with Gasteiger partial charge in [-0.05, 0) is 43.0 Å². The van der Waals surface area contributed by atoms with Gasteiger partial charge in [0, 0.05) is 12.5 Å². The highest BCUT2D eigenvalue weighted by Crippen LogP contribution is 2.35. The lowest BCUT2D eigenvalue weighted by Crippen LogP contribution is -2.42. The number of hydrogen-bond donors (Lipinski definition) is 6. The van der Waals surface area contributed by atoms with Crippen LogP contribution in [0, 0.1) is 0 Å². The van der Waals surface area contributed by atoms with E-state index in [1.54, 1.807) is 18.2 Å². The summed E-state index contributed by atoms with van der Waals surface area (Å²) in [7, 11) is 0. The molecule has 0 unspecified atom stereocenters. The van der Waals surface area contributed by atoms with Gasteiger partial charge in [-0.25, -0.2) is 19.4 Å². The fourth-order valence-electron chi connectivity index (χ4n) is 3.62. The molecule has 0 spiro atoms. The number of alkyl halides is 3. The summed E-state index contributed by atoms with van der Waals surface area (Å²) in [5.74, 6) is -6.41. The van der Waals surface area contributed by atoms with Gasteiger partial charge in [0.05, 0.1) is 25.3 Å². The Balaban J connectivity index is 0.000000900. The SMILES string of the molecule is NC(N)=Nc1ccc2c(c1)OCCCCOc1c(CCC(=O)N[C@@H](CC(=O)O)C(=O)O)cccc1OC2=O.O=C(O)C(F)(F)F. The van der Waals surface area contributed by atoms with Crippen LogP contribution in [0.2, 0.25) is 0 Å². The Bertz CT molecular complexity index is 1440. The highest BCUT2D eigenvalue weighted by molar-refractivity contribution is 5.95. The van der Waals surface area contributed by atoms with E-state index in [1.165, 1.54) is 18.2 Å². The van der Waals surface area contributed by atoms with E-state index in [0.717, 1.165) is 0 Å². The van der Waals surface area contributed by atoms with Crippen LogP contribution in [0.1, 0.15) is 41.6 Å². The topological polar surface area (TPSA) is 250 Å². The molecule has 2 aromatic rings. The Hall–Kier alpha value is -5.55. The molecule has 8 N–H and O–H groups in total. The summed E-state index contributed by atoms with van der Waals surface area (Å²) in [5, 5.41) is 27.3. The number of hydrogen-bond acceptors (Lipinski definition) is 9. The molecule has 3 rings (SSSR count). The number of carbonyl (C=O) groups is 5. The minimum Gasteiger partial charge on any atom is -0.493 e. The van der Waals surface area contributed by atoms with Crippen molar-refractivity contribution in [2.75, 3.05) is 13.2 Å². The van der Waals surface area contributed by atoms with Gasteiger partial charge < -0.3 is 46.3 Å². The lowest BCUT2D eigenvalue weighted by Gasteiger charge is -2.18. The number of carboxylic acid groups (broad SMARTS) is 3. The number of para-hydroxylation sites is 1. The molecule has 15 nitrogen and oxygen atoms in total. The van der Waals surface area contributed by atoms with Crippen molar-refractivity contribution in [3.05, 3.63) is 47.5 Å². The number of benzene rings is 2. The quantitative estimate of drug-likeness (QED) is 0.104. The maximum atomic E-state index is 13.1. The van der Waals surface area contributed by atoms with Crippen LogP contribution >= 0.6 is 0 Å². The number of amides is 1. The molecule has 0 radical (unpaired) electrons. The highest BCUT2D eigenvalue weighted by Gasteiger charge is 2.38. The monoisotopic (exact) mass is 642 g/mol. The Morgan fingerprint density at radius 3 is 2.20 bits per heavy atom. The van der Waals surface area contributed by atoms with Crippen LogP contribution in [0.3, 0.4) is 0 Å². The van der Waals surface area contributed by atoms with E-state index >= 15 is 0 Å². The van der Waals surface area contributed by atoms with Crippen LogP contribution in [0.25, 0.3) is 0 Å². The number of nitrogens with one attached hydrogen (secondary N) is 1. The predicted molar refractivity (Wildman–Crippen MR) is 147 cm³/mol. The fraction of sp³-hybridized carbons (Fsp3) is 0.333. The van der Waals surface area contributed by atoms with E-state index in [9.17, 15) is 32.3 Å². The second kappa shape index (κ2) is 16.3. The van der Waals surface area contributed by atoms with Crippen LogP contribution in [-0.2, 0) is 25.6 Å². The zero-order valence-corrected chi connectivity index (χ0v) is 23.3. The van der Waals surface area contributed by atoms with Gasteiger partial charge >= 0.3 is 30.1 Å². The van der Waals surface area contributed by atoms with Crippen molar-refractivity contribution in [3.8, 4) is 17.2 Å². The average molecular weight is 643 g/mol. The number of halogens is 3. The number of nitrogens with two attached hydrogens (primary N) is 2. The normalized spacial score (nSPS) is 13.5. The van der Waals surface area contributed by atoms with E-state index in [1.807, 2.05) is 0 Å². The molecule has 2 aromatic carbocycles. The van der Waals surface area contributed by atoms with Crippen molar-refractivity contribution in [1.82, 2.24) is 5.32 Å². The molecular formula is C27H29F3N4O11. The van der Waals surface area contributed by atoms with E-state index in [2.05, 4.69) is 10.3 Å².